The number of carbonyl (C=O) groups excluding carboxylic acids is 1. The van der Waals surface area contributed by atoms with Gasteiger partial charge in [-0.2, -0.15) is 5.10 Å². The SMILES string of the molecule is CCOc1ccc(CNC(=O)Cn2ncc(Br)c2C)cc1OCC. The summed E-state index contributed by atoms with van der Waals surface area (Å²) in [5.41, 5.74) is 1.87. The average molecular weight is 396 g/mol. The van der Waals surface area contributed by atoms with Gasteiger partial charge in [0.25, 0.3) is 0 Å². The van der Waals surface area contributed by atoms with Gasteiger partial charge in [0.1, 0.15) is 6.54 Å². The number of carbonyl (C=O) groups is 1. The maximum Gasteiger partial charge on any atom is 0.242 e. The number of aromatic nitrogens is 2. The first kappa shape index (κ1) is 18.3. The lowest BCUT2D eigenvalue weighted by Gasteiger charge is -2.13. The minimum Gasteiger partial charge on any atom is -0.490 e. The van der Waals surface area contributed by atoms with Crippen LogP contribution in [0.5, 0.6) is 11.5 Å². The Kier molecular flexibility index (Phi) is 6.66. The van der Waals surface area contributed by atoms with Crippen molar-refractivity contribution in [2.24, 2.45) is 0 Å². The van der Waals surface area contributed by atoms with E-state index in [1.807, 2.05) is 39.0 Å². The van der Waals surface area contributed by atoms with E-state index >= 15 is 0 Å². The van der Waals surface area contributed by atoms with Crippen molar-refractivity contribution in [2.75, 3.05) is 13.2 Å². The molecule has 0 aliphatic rings. The molecule has 1 N–H and O–H groups in total. The van der Waals surface area contributed by atoms with Gasteiger partial charge in [0.05, 0.1) is 29.6 Å². The van der Waals surface area contributed by atoms with Gasteiger partial charge in [0, 0.05) is 6.54 Å². The molecule has 2 rings (SSSR count). The molecular weight excluding hydrogens is 374 g/mol. The molecule has 0 aliphatic carbocycles. The fourth-order valence-electron chi connectivity index (χ4n) is 2.18. The van der Waals surface area contributed by atoms with Crippen LogP contribution in [0.15, 0.2) is 28.9 Å². The number of nitrogens with zero attached hydrogens (tertiary/aromatic N) is 2. The summed E-state index contributed by atoms with van der Waals surface area (Å²) in [5.74, 6) is 1.31. The number of hydrogen-bond acceptors (Lipinski definition) is 4. The van der Waals surface area contributed by atoms with Crippen molar-refractivity contribution in [3.05, 3.63) is 40.1 Å². The van der Waals surface area contributed by atoms with Crippen molar-refractivity contribution in [3.63, 3.8) is 0 Å². The highest BCUT2D eigenvalue weighted by atomic mass is 79.9. The van der Waals surface area contributed by atoms with E-state index in [4.69, 9.17) is 9.47 Å². The maximum atomic E-state index is 12.1. The van der Waals surface area contributed by atoms with Gasteiger partial charge in [0.15, 0.2) is 11.5 Å². The molecule has 0 aliphatic heterocycles. The number of halogens is 1. The van der Waals surface area contributed by atoms with Crippen LogP contribution >= 0.6 is 15.9 Å². The van der Waals surface area contributed by atoms with Crippen molar-refractivity contribution in [1.82, 2.24) is 15.1 Å². The molecule has 7 heteroatoms. The van der Waals surface area contributed by atoms with E-state index in [-0.39, 0.29) is 12.5 Å². The second kappa shape index (κ2) is 8.73. The van der Waals surface area contributed by atoms with Crippen molar-refractivity contribution in [2.45, 2.75) is 33.9 Å². The van der Waals surface area contributed by atoms with E-state index in [0.29, 0.717) is 31.3 Å². The van der Waals surface area contributed by atoms with E-state index in [0.717, 1.165) is 15.7 Å². The van der Waals surface area contributed by atoms with Gasteiger partial charge in [-0.15, -0.1) is 0 Å². The quantitative estimate of drug-likeness (QED) is 0.745. The Bertz CT molecular complexity index is 700. The highest BCUT2D eigenvalue weighted by Gasteiger charge is 2.10. The second-order valence-electron chi connectivity index (χ2n) is 5.16. The van der Waals surface area contributed by atoms with Gasteiger partial charge < -0.3 is 14.8 Å². The third-order valence-corrected chi connectivity index (χ3v) is 4.21. The molecule has 0 saturated carbocycles. The van der Waals surface area contributed by atoms with Crippen LogP contribution < -0.4 is 14.8 Å². The number of nitrogens with one attached hydrogen (secondary N) is 1. The predicted octanol–water partition coefficient (Wildman–Crippen LogP) is 3.07. The fraction of sp³-hybridized carbons (Fsp3) is 0.412. The monoisotopic (exact) mass is 395 g/mol. The second-order valence-corrected chi connectivity index (χ2v) is 6.01. The lowest BCUT2D eigenvalue weighted by Crippen LogP contribution is -2.27. The number of amides is 1. The molecule has 0 fully saturated rings. The Labute approximate surface area is 150 Å². The summed E-state index contributed by atoms with van der Waals surface area (Å²) in [5, 5.41) is 7.05. The van der Waals surface area contributed by atoms with Crippen molar-refractivity contribution < 1.29 is 14.3 Å². The number of benzene rings is 1. The van der Waals surface area contributed by atoms with Crippen LogP contribution in [0.25, 0.3) is 0 Å². The molecule has 1 aromatic heterocycles. The predicted molar refractivity (Wildman–Crippen MR) is 95.3 cm³/mol. The smallest absolute Gasteiger partial charge is 0.242 e. The Morgan fingerprint density at radius 2 is 1.96 bits per heavy atom. The van der Waals surface area contributed by atoms with E-state index in [2.05, 4.69) is 26.3 Å². The molecule has 0 bridgehead atoms. The third kappa shape index (κ3) is 4.74. The van der Waals surface area contributed by atoms with Crippen LogP contribution in [0.4, 0.5) is 0 Å². The zero-order valence-corrected chi connectivity index (χ0v) is 15.7. The van der Waals surface area contributed by atoms with Gasteiger partial charge in [-0.3, -0.25) is 9.48 Å². The Hall–Kier alpha value is -2.02. The van der Waals surface area contributed by atoms with Crippen LogP contribution in [-0.2, 0) is 17.9 Å². The standard InChI is InChI=1S/C17H22BrN3O3/c1-4-23-15-7-6-13(8-16(15)24-5-2)9-19-17(22)11-21-12(3)14(18)10-20-21/h6-8,10H,4-5,9,11H2,1-3H3,(H,19,22). The van der Waals surface area contributed by atoms with E-state index in [1.165, 1.54) is 0 Å². The molecule has 0 radical (unpaired) electrons. The molecule has 0 unspecified atom stereocenters. The Balaban J connectivity index is 1.96. The lowest BCUT2D eigenvalue weighted by atomic mass is 10.2. The first-order valence-corrected chi connectivity index (χ1v) is 8.67. The van der Waals surface area contributed by atoms with E-state index in [1.54, 1.807) is 10.9 Å². The Morgan fingerprint density at radius 1 is 1.25 bits per heavy atom. The normalized spacial score (nSPS) is 10.5. The molecule has 0 saturated heterocycles. The van der Waals surface area contributed by atoms with E-state index < -0.39 is 0 Å². The zero-order chi connectivity index (χ0) is 17.5. The van der Waals surface area contributed by atoms with Crippen LogP contribution in [0.3, 0.4) is 0 Å². The number of rotatable bonds is 8. The van der Waals surface area contributed by atoms with Crippen LogP contribution in [-0.4, -0.2) is 28.9 Å². The van der Waals surface area contributed by atoms with Crippen molar-refractivity contribution in [3.8, 4) is 11.5 Å². The van der Waals surface area contributed by atoms with Gasteiger partial charge in [-0.1, -0.05) is 6.07 Å². The zero-order valence-electron chi connectivity index (χ0n) is 14.1. The molecule has 24 heavy (non-hydrogen) atoms. The largest absolute Gasteiger partial charge is 0.490 e. The summed E-state index contributed by atoms with van der Waals surface area (Å²) in [6.07, 6.45) is 1.68. The average Bonchev–Trinajstić information content (AvgIpc) is 2.87. The third-order valence-electron chi connectivity index (χ3n) is 3.43. The highest BCUT2D eigenvalue weighted by molar-refractivity contribution is 9.10. The molecule has 130 valence electrons. The summed E-state index contributed by atoms with van der Waals surface area (Å²) >= 11 is 3.38. The molecule has 1 aromatic carbocycles. The van der Waals surface area contributed by atoms with Crippen LogP contribution in [0.2, 0.25) is 0 Å². The number of ether oxygens (including phenoxy) is 2. The van der Waals surface area contributed by atoms with Gasteiger partial charge in [-0.25, -0.2) is 0 Å². The van der Waals surface area contributed by atoms with Crippen LogP contribution in [0, 0.1) is 6.92 Å². The molecule has 1 amide bonds. The minimum absolute atomic E-state index is 0.0967. The number of hydrogen-bond donors (Lipinski definition) is 1. The van der Waals surface area contributed by atoms with Crippen molar-refractivity contribution >= 4 is 21.8 Å². The molecule has 0 spiro atoms. The highest BCUT2D eigenvalue weighted by Crippen LogP contribution is 2.28. The molecule has 1 heterocycles. The summed E-state index contributed by atoms with van der Waals surface area (Å²) in [6, 6.07) is 5.68. The van der Waals surface area contributed by atoms with Gasteiger partial charge >= 0.3 is 0 Å². The van der Waals surface area contributed by atoms with Crippen molar-refractivity contribution in [1.29, 1.82) is 0 Å². The molecular formula is C17H22BrN3O3. The van der Waals surface area contributed by atoms with E-state index in [9.17, 15) is 4.79 Å². The van der Waals surface area contributed by atoms with Gasteiger partial charge in [-0.05, 0) is 54.4 Å². The summed E-state index contributed by atoms with van der Waals surface area (Å²) < 4.78 is 13.7. The van der Waals surface area contributed by atoms with Gasteiger partial charge in [0.2, 0.25) is 5.91 Å². The topological polar surface area (TPSA) is 65.4 Å². The summed E-state index contributed by atoms with van der Waals surface area (Å²) in [4.78, 5) is 12.1. The molecule has 6 nitrogen and oxygen atoms in total. The lowest BCUT2D eigenvalue weighted by molar-refractivity contribution is -0.122. The first-order chi connectivity index (χ1) is 11.5. The van der Waals surface area contributed by atoms with Crippen LogP contribution in [0.1, 0.15) is 25.1 Å². The first-order valence-electron chi connectivity index (χ1n) is 7.88. The summed E-state index contributed by atoms with van der Waals surface area (Å²) in [6.45, 7) is 7.51. The minimum atomic E-state index is -0.0967. The Morgan fingerprint density at radius 3 is 2.58 bits per heavy atom. The molecule has 0 atom stereocenters. The summed E-state index contributed by atoms with van der Waals surface area (Å²) in [7, 11) is 0. The fourth-order valence-corrected chi connectivity index (χ4v) is 2.48. The maximum absolute atomic E-state index is 12.1. The molecule has 2 aromatic rings.